The Morgan fingerprint density at radius 3 is 2.86 bits per heavy atom. The van der Waals surface area contributed by atoms with Gasteiger partial charge in [-0.2, -0.15) is 0 Å². The van der Waals surface area contributed by atoms with E-state index in [0.29, 0.717) is 12.1 Å². The smallest absolute Gasteiger partial charge is 0.246 e. The Kier molecular flexibility index (Phi) is 2.00. The Morgan fingerprint density at radius 1 is 1.43 bits per heavy atom. The zero-order valence-electron chi connectivity index (χ0n) is 8.03. The van der Waals surface area contributed by atoms with Crippen molar-refractivity contribution in [2.75, 3.05) is 18.5 Å². The molecule has 0 radical (unpaired) electrons. The number of fused-ring (bicyclic) bond motifs is 1. The van der Waals surface area contributed by atoms with Crippen molar-refractivity contribution < 1.29 is 4.79 Å². The van der Waals surface area contributed by atoms with E-state index in [1.807, 2.05) is 42.3 Å². The van der Waals surface area contributed by atoms with Gasteiger partial charge in [-0.25, -0.2) is 0 Å². The van der Waals surface area contributed by atoms with Crippen LogP contribution in [-0.2, 0) is 4.79 Å². The second-order valence-electron chi connectivity index (χ2n) is 3.45. The molecule has 0 spiro atoms. The number of hydrogen-bond donors (Lipinski definition) is 1. The summed E-state index contributed by atoms with van der Waals surface area (Å²) in [6, 6.07) is 7.95. The van der Waals surface area contributed by atoms with Gasteiger partial charge in [0, 0.05) is 24.9 Å². The normalized spacial score (nSPS) is 14.6. The average molecular weight is 188 g/mol. The van der Waals surface area contributed by atoms with Crippen LogP contribution in [0.3, 0.4) is 0 Å². The molecule has 72 valence electrons. The molecule has 3 nitrogen and oxygen atoms in total. The molecule has 1 heterocycles. The molecular weight excluding hydrogens is 176 g/mol. The van der Waals surface area contributed by atoms with Gasteiger partial charge in [0.25, 0.3) is 0 Å². The summed E-state index contributed by atoms with van der Waals surface area (Å²) in [5.41, 5.74) is 8.10. The zero-order valence-corrected chi connectivity index (χ0v) is 8.03. The van der Waals surface area contributed by atoms with E-state index < -0.39 is 0 Å². The molecular formula is C11H12N2O. The third-order valence-corrected chi connectivity index (χ3v) is 2.40. The minimum atomic E-state index is -0.341. The van der Waals surface area contributed by atoms with Crippen molar-refractivity contribution in [3.63, 3.8) is 0 Å². The summed E-state index contributed by atoms with van der Waals surface area (Å²) in [6.07, 6.45) is 1.86. The predicted molar refractivity (Wildman–Crippen MR) is 56.9 cm³/mol. The Hall–Kier alpha value is -1.77. The molecule has 1 aromatic carbocycles. The molecule has 1 aliphatic heterocycles. The molecule has 3 heteroatoms. The highest BCUT2D eigenvalue weighted by Gasteiger charge is 2.16. The van der Waals surface area contributed by atoms with Crippen molar-refractivity contribution in [1.82, 2.24) is 0 Å². The van der Waals surface area contributed by atoms with Gasteiger partial charge in [0.15, 0.2) is 0 Å². The van der Waals surface area contributed by atoms with Gasteiger partial charge in [-0.15, -0.1) is 0 Å². The van der Waals surface area contributed by atoms with Crippen molar-refractivity contribution in [3.05, 3.63) is 35.4 Å². The first kappa shape index (κ1) is 8.81. The molecule has 0 atom stereocenters. The van der Waals surface area contributed by atoms with Gasteiger partial charge in [0.2, 0.25) is 5.91 Å². The molecule has 14 heavy (non-hydrogen) atoms. The second kappa shape index (κ2) is 3.18. The monoisotopic (exact) mass is 188 g/mol. The molecule has 0 bridgehead atoms. The standard InChI is InChI=1S/C11H12N2O/c1-13-7-9(11(12)14)6-8-4-2-3-5-10(8)13/h2-6H,7H2,1H3,(H2,12,14). The maximum atomic E-state index is 11.0. The van der Waals surface area contributed by atoms with Gasteiger partial charge in [-0.3, -0.25) is 4.79 Å². The Labute approximate surface area is 82.8 Å². The highest BCUT2D eigenvalue weighted by atomic mass is 16.1. The van der Waals surface area contributed by atoms with E-state index in [1.54, 1.807) is 0 Å². The summed E-state index contributed by atoms with van der Waals surface area (Å²) in [7, 11) is 1.95. The fourth-order valence-electron chi connectivity index (χ4n) is 1.68. The van der Waals surface area contributed by atoms with Gasteiger partial charge >= 0.3 is 0 Å². The Balaban J connectivity index is 2.50. The minimum absolute atomic E-state index is 0.341. The van der Waals surface area contributed by atoms with E-state index in [9.17, 15) is 4.79 Å². The summed E-state index contributed by atoms with van der Waals surface area (Å²) in [4.78, 5) is 13.1. The summed E-state index contributed by atoms with van der Waals surface area (Å²) in [5, 5.41) is 0. The number of amides is 1. The third-order valence-electron chi connectivity index (χ3n) is 2.40. The summed E-state index contributed by atoms with van der Waals surface area (Å²) >= 11 is 0. The van der Waals surface area contributed by atoms with E-state index >= 15 is 0 Å². The van der Waals surface area contributed by atoms with Crippen LogP contribution in [0.5, 0.6) is 0 Å². The second-order valence-corrected chi connectivity index (χ2v) is 3.45. The average Bonchev–Trinajstić information content (AvgIpc) is 2.17. The van der Waals surface area contributed by atoms with Crippen molar-refractivity contribution in [3.8, 4) is 0 Å². The first-order chi connectivity index (χ1) is 6.68. The zero-order chi connectivity index (χ0) is 10.1. The van der Waals surface area contributed by atoms with Gasteiger partial charge in [-0.05, 0) is 17.7 Å². The number of nitrogens with zero attached hydrogens (tertiary/aromatic N) is 1. The summed E-state index contributed by atoms with van der Waals surface area (Å²) in [5.74, 6) is -0.341. The lowest BCUT2D eigenvalue weighted by molar-refractivity contribution is -0.114. The fraction of sp³-hybridized carbons (Fsp3) is 0.182. The van der Waals surface area contributed by atoms with Gasteiger partial charge in [0.1, 0.15) is 0 Å². The molecule has 2 N–H and O–H groups in total. The lowest BCUT2D eigenvalue weighted by Gasteiger charge is -2.26. The van der Waals surface area contributed by atoms with Crippen molar-refractivity contribution in [1.29, 1.82) is 0 Å². The van der Waals surface area contributed by atoms with Crippen molar-refractivity contribution >= 4 is 17.7 Å². The lowest BCUT2D eigenvalue weighted by Crippen LogP contribution is -2.29. The number of rotatable bonds is 1. The Bertz CT molecular complexity index is 410. The van der Waals surface area contributed by atoms with E-state index in [0.717, 1.165) is 11.3 Å². The van der Waals surface area contributed by atoms with Crippen LogP contribution in [0.1, 0.15) is 5.56 Å². The number of anilines is 1. The number of primary amides is 1. The van der Waals surface area contributed by atoms with E-state index in [4.69, 9.17) is 5.73 Å². The SMILES string of the molecule is CN1CC(C(N)=O)=Cc2ccccc21. The number of nitrogens with two attached hydrogens (primary N) is 1. The van der Waals surface area contributed by atoms with Crippen LogP contribution in [0.25, 0.3) is 6.08 Å². The third kappa shape index (κ3) is 1.37. The van der Waals surface area contributed by atoms with Crippen LogP contribution in [-0.4, -0.2) is 19.5 Å². The van der Waals surface area contributed by atoms with Gasteiger partial charge in [-0.1, -0.05) is 18.2 Å². The molecule has 0 aliphatic carbocycles. The van der Waals surface area contributed by atoms with Gasteiger partial charge < -0.3 is 10.6 Å². The van der Waals surface area contributed by atoms with Crippen LogP contribution in [0.4, 0.5) is 5.69 Å². The number of benzene rings is 1. The molecule has 1 aromatic rings. The fourth-order valence-corrected chi connectivity index (χ4v) is 1.68. The molecule has 0 saturated carbocycles. The van der Waals surface area contributed by atoms with Crippen LogP contribution < -0.4 is 10.6 Å². The molecule has 0 aromatic heterocycles. The number of hydrogen-bond acceptors (Lipinski definition) is 2. The number of carbonyl (C=O) groups is 1. The molecule has 2 rings (SSSR count). The van der Waals surface area contributed by atoms with Crippen LogP contribution in [0.15, 0.2) is 29.8 Å². The van der Waals surface area contributed by atoms with Crippen LogP contribution >= 0.6 is 0 Å². The van der Waals surface area contributed by atoms with Crippen molar-refractivity contribution in [2.24, 2.45) is 5.73 Å². The van der Waals surface area contributed by atoms with E-state index in [2.05, 4.69) is 0 Å². The van der Waals surface area contributed by atoms with Crippen LogP contribution in [0, 0.1) is 0 Å². The quantitative estimate of drug-likeness (QED) is 0.714. The minimum Gasteiger partial charge on any atom is -0.370 e. The molecule has 0 saturated heterocycles. The first-order valence-electron chi connectivity index (χ1n) is 4.49. The largest absolute Gasteiger partial charge is 0.370 e. The van der Waals surface area contributed by atoms with E-state index in [-0.39, 0.29) is 5.91 Å². The van der Waals surface area contributed by atoms with Crippen molar-refractivity contribution in [2.45, 2.75) is 0 Å². The Morgan fingerprint density at radius 2 is 2.14 bits per heavy atom. The highest BCUT2D eigenvalue weighted by Crippen LogP contribution is 2.26. The number of para-hydroxylation sites is 1. The molecule has 1 aliphatic rings. The molecule has 0 unspecified atom stereocenters. The summed E-state index contributed by atoms with van der Waals surface area (Å²) < 4.78 is 0. The first-order valence-corrected chi connectivity index (χ1v) is 4.49. The topological polar surface area (TPSA) is 46.3 Å². The number of likely N-dealkylation sites (N-methyl/N-ethyl adjacent to an activating group) is 1. The maximum absolute atomic E-state index is 11.0. The maximum Gasteiger partial charge on any atom is 0.246 e. The van der Waals surface area contributed by atoms with E-state index in [1.165, 1.54) is 0 Å². The molecule has 1 amide bonds. The number of carbonyl (C=O) groups excluding carboxylic acids is 1. The highest BCUT2D eigenvalue weighted by molar-refractivity contribution is 5.99. The van der Waals surface area contributed by atoms with Crippen LogP contribution in [0.2, 0.25) is 0 Å². The lowest BCUT2D eigenvalue weighted by atomic mass is 10.0. The van der Waals surface area contributed by atoms with Gasteiger partial charge in [0.05, 0.1) is 0 Å². The predicted octanol–water partition coefficient (Wildman–Crippen LogP) is 1.01. The summed E-state index contributed by atoms with van der Waals surface area (Å²) in [6.45, 7) is 0.590. The molecule has 0 fully saturated rings.